The van der Waals surface area contributed by atoms with Gasteiger partial charge < -0.3 is 10.6 Å². The maximum atomic E-state index is 12.5. The highest BCUT2D eigenvalue weighted by molar-refractivity contribution is 7.14. The number of carbonyl (C=O) groups is 3. The van der Waals surface area contributed by atoms with Gasteiger partial charge in [0.05, 0.1) is 18.7 Å². The zero-order valence-electron chi connectivity index (χ0n) is 15.2. The average molecular weight is 407 g/mol. The Labute approximate surface area is 170 Å². The maximum Gasteiger partial charge on any atom is 0.325 e. The minimum Gasteiger partial charge on any atom is -0.325 e. The quantitative estimate of drug-likeness (QED) is 0.612. The van der Waals surface area contributed by atoms with Gasteiger partial charge in [0.2, 0.25) is 5.91 Å². The summed E-state index contributed by atoms with van der Waals surface area (Å²) in [6.07, 6.45) is 1.51. The van der Waals surface area contributed by atoms with Gasteiger partial charge in [-0.15, -0.1) is 11.3 Å². The molecule has 0 bridgehead atoms. The van der Waals surface area contributed by atoms with Crippen LogP contribution < -0.4 is 10.6 Å². The van der Waals surface area contributed by atoms with E-state index in [1.165, 1.54) is 11.3 Å². The Balaban J connectivity index is 1.36. The van der Waals surface area contributed by atoms with E-state index in [-0.39, 0.29) is 13.0 Å². The lowest BCUT2D eigenvalue weighted by molar-refractivity contribution is -0.130. The van der Waals surface area contributed by atoms with E-state index in [1.807, 2.05) is 48.5 Å². The number of aromatic nitrogens is 2. The number of carbonyl (C=O) groups excluding carboxylic acids is 3. The molecule has 3 heterocycles. The summed E-state index contributed by atoms with van der Waals surface area (Å²) in [6.45, 7) is 0.170. The van der Waals surface area contributed by atoms with Crippen LogP contribution in [0.3, 0.4) is 0 Å². The highest BCUT2D eigenvalue weighted by atomic mass is 32.1. The van der Waals surface area contributed by atoms with Gasteiger partial charge in [0.1, 0.15) is 11.7 Å². The number of hydrogen-bond donors (Lipinski definition) is 2. The molecule has 2 aromatic heterocycles. The van der Waals surface area contributed by atoms with E-state index in [4.69, 9.17) is 0 Å². The minimum absolute atomic E-state index is 0.158. The molecule has 1 aliphatic rings. The smallest absolute Gasteiger partial charge is 0.325 e. The summed E-state index contributed by atoms with van der Waals surface area (Å²) in [5.41, 5.74) is 2.20. The molecular weight excluding hydrogens is 390 g/mol. The third-order valence-electron chi connectivity index (χ3n) is 4.36. The van der Waals surface area contributed by atoms with Crippen molar-refractivity contribution in [2.24, 2.45) is 0 Å². The molecule has 1 aromatic carbocycles. The first-order valence-corrected chi connectivity index (χ1v) is 9.81. The number of pyridine rings is 1. The molecule has 1 saturated heterocycles. The van der Waals surface area contributed by atoms with E-state index in [9.17, 15) is 14.4 Å². The van der Waals surface area contributed by atoms with E-state index < -0.39 is 23.9 Å². The molecule has 8 nitrogen and oxygen atoms in total. The predicted molar refractivity (Wildman–Crippen MR) is 108 cm³/mol. The monoisotopic (exact) mass is 407 g/mol. The highest BCUT2D eigenvalue weighted by Crippen LogP contribution is 2.23. The van der Waals surface area contributed by atoms with Crippen LogP contribution in [-0.4, -0.2) is 38.8 Å². The standard InChI is InChI=1S/C20H17N5O3S/c26-17(24-19-22-16(12-29-19)14-8-4-5-9-21-14)10-15-18(27)25(20(28)23-15)11-13-6-2-1-3-7-13/h1-9,12,15H,10-11H2,(H,23,28)(H,22,24,26)/t15-/m1/s1. The molecular formula is C20H17N5O3S. The number of nitrogens with zero attached hydrogens (tertiary/aromatic N) is 3. The molecule has 9 heteroatoms. The predicted octanol–water partition coefficient (Wildman–Crippen LogP) is 2.65. The molecule has 146 valence electrons. The third-order valence-corrected chi connectivity index (χ3v) is 5.12. The van der Waals surface area contributed by atoms with Crippen molar-refractivity contribution in [3.63, 3.8) is 0 Å². The first-order valence-electron chi connectivity index (χ1n) is 8.93. The van der Waals surface area contributed by atoms with Crippen LogP contribution >= 0.6 is 11.3 Å². The van der Waals surface area contributed by atoms with Gasteiger partial charge in [-0.2, -0.15) is 0 Å². The summed E-state index contributed by atoms with van der Waals surface area (Å²) in [5, 5.41) is 7.45. The van der Waals surface area contributed by atoms with Crippen LogP contribution in [0.15, 0.2) is 60.1 Å². The Hall–Kier alpha value is -3.59. The molecule has 0 aliphatic carbocycles. The zero-order valence-corrected chi connectivity index (χ0v) is 16.1. The number of benzene rings is 1. The van der Waals surface area contributed by atoms with Gasteiger partial charge in [0.25, 0.3) is 5.91 Å². The van der Waals surface area contributed by atoms with Crippen LogP contribution in [-0.2, 0) is 16.1 Å². The van der Waals surface area contributed by atoms with Crippen LogP contribution in [0.2, 0.25) is 0 Å². The Morgan fingerprint density at radius 1 is 1.10 bits per heavy atom. The molecule has 0 saturated carbocycles. The second-order valence-corrected chi connectivity index (χ2v) is 7.28. The van der Waals surface area contributed by atoms with Crippen molar-refractivity contribution in [3.05, 3.63) is 65.7 Å². The Morgan fingerprint density at radius 2 is 1.90 bits per heavy atom. The topological polar surface area (TPSA) is 104 Å². The highest BCUT2D eigenvalue weighted by Gasteiger charge is 2.39. The molecule has 4 rings (SSSR count). The maximum absolute atomic E-state index is 12.5. The first kappa shape index (κ1) is 18.8. The van der Waals surface area contributed by atoms with Crippen molar-refractivity contribution in [1.29, 1.82) is 0 Å². The molecule has 3 aromatic rings. The normalized spacial score (nSPS) is 16.0. The van der Waals surface area contributed by atoms with Crippen molar-refractivity contribution in [2.75, 3.05) is 5.32 Å². The lowest BCUT2D eigenvalue weighted by atomic mass is 10.2. The largest absolute Gasteiger partial charge is 0.325 e. The Morgan fingerprint density at radius 3 is 2.66 bits per heavy atom. The number of anilines is 1. The first-order chi connectivity index (χ1) is 14.1. The summed E-state index contributed by atoms with van der Waals surface area (Å²) in [6, 6.07) is 13.3. The fraction of sp³-hybridized carbons (Fsp3) is 0.150. The van der Waals surface area contributed by atoms with Crippen LogP contribution in [0.4, 0.5) is 9.93 Å². The molecule has 1 fully saturated rings. The second-order valence-electron chi connectivity index (χ2n) is 6.42. The van der Waals surface area contributed by atoms with Crippen molar-refractivity contribution < 1.29 is 14.4 Å². The lowest BCUT2D eigenvalue weighted by Crippen LogP contribution is -2.34. The van der Waals surface area contributed by atoms with Crippen molar-refractivity contribution >= 4 is 34.3 Å². The van der Waals surface area contributed by atoms with Gasteiger partial charge in [-0.25, -0.2) is 9.78 Å². The van der Waals surface area contributed by atoms with E-state index in [0.29, 0.717) is 16.5 Å². The van der Waals surface area contributed by atoms with Crippen molar-refractivity contribution in [3.8, 4) is 11.4 Å². The van der Waals surface area contributed by atoms with Gasteiger partial charge in [0.15, 0.2) is 5.13 Å². The fourth-order valence-corrected chi connectivity index (χ4v) is 3.67. The third kappa shape index (κ3) is 4.30. The van der Waals surface area contributed by atoms with E-state index >= 15 is 0 Å². The number of nitrogens with one attached hydrogen (secondary N) is 2. The molecule has 1 atom stereocenters. The Bertz CT molecular complexity index is 1040. The molecule has 4 amide bonds. The average Bonchev–Trinajstić information content (AvgIpc) is 3.30. The fourth-order valence-electron chi connectivity index (χ4n) is 2.95. The molecule has 0 spiro atoms. The molecule has 29 heavy (non-hydrogen) atoms. The van der Waals surface area contributed by atoms with Gasteiger partial charge in [-0.1, -0.05) is 36.4 Å². The zero-order chi connectivity index (χ0) is 20.2. The summed E-state index contributed by atoms with van der Waals surface area (Å²) in [7, 11) is 0. The molecule has 2 N–H and O–H groups in total. The molecule has 0 radical (unpaired) electrons. The van der Waals surface area contributed by atoms with E-state index in [0.717, 1.165) is 10.5 Å². The number of amides is 4. The lowest BCUT2D eigenvalue weighted by Gasteiger charge is -2.12. The van der Waals surface area contributed by atoms with Crippen LogP contribution in [0.5, 0.6) is 0 Å². The summed E-state index contributed by atoms with van der Waals surface area (Å²) >= 11 is 1.27. The van der Waals surface area contributed by atoms with Crippen LogP contribution in [0.1, 0.15) is 12.0 Å². The van der Waals surface area contributed by atoms with Gasteiger partial charge in [0, 0.05) is 11.6 Å². The second kappa shape index (κ2) is 8.19. The Kier molecular flexibility index (Phi) is 5.30. The van der Waals surface area contributed by atoms with Crippen molar-refractivity contribution in [2.45, 2.75) is 19.0 Å². The number of thiazole rings is 1. The molecule has 0 unspecified atom stereocenters. The van der Waals surface area contributed by atoms with Crippen LogP contribution in [0.25, 0.3) is 11.4 Å². The SMILES string of the molecule is O=C(C[C@H]1NC(=O)N(Cc2ccccc2)C1=O)Nc1nc(-c2ccccn2)cs1. The van der Waals surface area contributed by atoms with Gasteiger partial charge in [-0.05, 0) is 17.7 Å². The summed E-state index contributed by atoms with van der Waals surface area (Å²) < 4.78 is 0. The van der Waals surface area contributed by atoms with E-state index in [2.05, 4.69) is 20.6 Å². The number of urea groups is 1. The van der Waals surface area contributed by atoms with E-state index in [1.54, 1.807) is 11.6 Å². The summed E-state index contributed by atoms with van der Waals surface area (Å²) in [5.74, 6) is -0.811. The number of rotatable bonds is 6. The van der Waals surface area contributed by atoms with Gasteiger partial charge >= 0.3 is 6.03 Å². The number of hydrogen-bond acceptors (Lipinski definition) is 6. The van der Waals surface area contributed by atoms with Crippen molar-refractivity contribution in [1.82, 2.24) is 20.2 Å². The molecule has 1 aliphatic heterocycles. The number of imide groups is 1. The van der Waals surface area contributed by atoms with Gasteiger partial charge in [-0.3, -0.25) is 19.5 Å². The minimum atomic E-state index is -0.888. The summed E-state index contributed by atoms with van der Waals surface area (Å²) in [4.78, 5) is 46.7. The van der Waals surface area contributed by atoms with Crippen LogP contribution in [0, 0.1) is 0 Å².